The van der Waals surface area contributed by atoms with E-state index in [1.54, 1.807) is 0 Å². The van der Waals surface area contributed by atoms with Crippen LogP contribution in [0.25, 0.3) is 16.7 Å². The van der Waals surface area contributed by atoms with Gasteiger partial charge in [0.15, 0.2) is 0 Å². The molecule has 0 aromatic heterocycles. The van der Waals surface area contributed by atoms with Gasteiger partial charge in [-0.05, 0) is 63.4 Å². The van der Waals surface area contributed by atoms with Crippen molar-refractivity contribution in [3.8, 4) is 11.1 Å². The van der Waals surface area contributed by atoms with Crippen LogP contribution in [0.15, 0.2) is 97.1 Å². The molecule has 0 N–H and O–H groups in total. The summed E-state index contributed by atoms with van der Waals surface area (Å²) >= 11 is 0. The molecule has 0 saturated carbocycles. The molecule has 1 spiro atoms. The molecule has 0 saturated heterocycles. The normalized spacial score (nSPS) is 15.7. The number of aryl methyl sites for hydroxylation is 1. The van der Waals surface area contributed by atoms with Crippen molar-refractivity contribution < 1.29 is 0 Å². The molecule has 0 nitrogen and oxygen atoms in total. The van der Waals surface area contributed by atoms with Gasteiger partial charge in [0.05, 0.1) is 5.41 Å². The lowest BCUT2D eigenvalue weighted by Gasteiger charge is -2.32. The Hall–Kier alpha value is -3.12. The van der Waals surface area contributed by atoms with Crippen molar-refractivity contribution in [2.24, 2.45) is 0 Å². The average molecular weight is 375 g/mol. The first kappa shape index (κ1) is 17.9. The lowest BCUT2D eigenvalue weighted by molar-refractivity contribution is 0.781. The predicted octanol–water partition coefficient (Wildman–Crippen LogP) is 7.48. The third kappa shape index (κ3) is 2.26. The molecule has 3 aromatic carbocycles. The Kier molecular flexibility index (Phi) is 4.17. The molecule has 0 amide bonds. The van der Waals surface area contributed by atoms with Crippen molar-refractivity contribution in [3.05, 3.63) is 125 Å². The van der Waals surface area contributed by atoms with Crippen LogP contribution in [-0.4, -0.2) is 0 Å². The van der Waals surface area contributed by atoms with Gasteiger partial charge < -0.3 is 0 Å². The zero-order valence-corrected chi connectivity index (χ0v) is 17.2. The van der Waals surface area contributed by atoms with E-state index < -0.39 is 0 Å². The van der Waals surface area contributed by atoms with E-state index in [0.717, 1.165) is 12.8 Å². The lowest BCUT2D eigenvalue weighted by Crippen LogP contribution is -2.27. The van der Waals surface area contributed by atoms with Crippen LogP contribution in [0.1, 0.15) is 48.1 Å². The monoisotopic (exact) mass is 374 g/mol. The molecule has 2 aliphatic rings. The summed E-state index contributed by atoms with van der Waals surface area (Å²) in [5, 5.41) is 0. The number of rotatable bonds is 4. The Balaban J connectivity index is 1.97. The topological polar surface area (TPSA) is 0 Å². The summed E-state index contributed by atoms with van der Waals surface area (Å²) in [6.45, 7) is 8.57. The Morgan fingerprint density at radius 3 is 2.07 bits per heavy atom. The summed E-state index contributed by atoms with van der Waals surface area (Å²) in [5.74, 6) is 0. The van der Waals surface area contributed by atoms with Crippen LogP contribution in [0, 0.1) is 0 Å². The minimum absolute atomic E-state index is 0.262. The average Bonchev–Trinajstić information content (AvgIpc) is 3.21. The van der Waals surface area contributed by atoms with Crippen LogP contribution >= 0.6 is 0 Å². The van der Waals surface area contributed by atoms with Gasteiger partial charge in [-0.25, -0.2) is 0 Å². The highest BCUT2D eigenvalue weighted by Crippen LogP contribution is 2.62. The summed E-state index contributed by atoms with van der Waals surface area (Å²) in [6, 6.07) is 24.9. The first-order valence-electron chi connectivity index (χ1n) is 10.6. The maximum atomic E-state index is 4.21. The molecule has 5 rings (SSSR count). The molecule has 0 fully saturated rings. The fraction of sp³-hybridized carbons (Fsp3) is 0.172. The van der Waals surface area contributed by atoms with Crippen molar-refractivity contribution in [2.75, 3.05) is 0 Å². The van der Waals surface area contributed by atoms with Gasteiger partial charge in [-0.1, -0.05) is 105 Å². The van der Waals surface area contributed by atoms with Gasteiger partial charge in [0.2, 0.25) is 0 Å². The number of benzene rings is 3. The first-order chi connectivity index (χ1) is 14.3. The van der Waals surface area contributed by atoms with Crippen LogP contribution in [0.2, 0.25) is 0 Å². The first-order valence-corrected chi connectivity index (χ1v) is 10.6. The highest BCUT2D eigenvalue weighted by atomic mass is 14.5. The van der Waals surface area contributed by atoms with Gasteiger partial charge in [0, 0.05) is 0 Å². The molecular formula is C29H26. The van der Waals surface area contributed by atoms with Gasteiger partial charge in [0.1, 0.15) is 0 Å². The van der Waals surface area contributed by atoms with E-state index in [1.165, 1.54) is 50.1 Å². The lowest BCUT2D eigenvalue weighted by atomic mass is 9.69. The Bertz CT molecular complexity index is 1140. The van der Waals surface area contributed by atoms with E-state index in [9.17, 15) is 0 Å². The second kappa shape index (κ2) is 6.74. The molecule has 0 bridgehead atoms. The van der Waals surface area contributed by atoms with Crippen molar-refractivity contribution >= 4 is 5.57 Å². The van der Waals surface area contributed by atoms with Crippen molar-refractivity contribution in [1.29, 1.82) is 0 Å². The van der Waals surface area contributed by atoms with E-state index in [-0.39, 0.29) is 5.41 Å². The summed E-state index contributed by atoms with van der Waals surface area (Å²) in [6.07, 6.45) is 8.78. The third-order valence-electron chi connectivity index (χ3n) is 6.50. The maximum Gasteiger partial charge on any atom is 0.0725 e. The Morgan fingerprint density at radius 2 is 1.48 bits per heavy atom. The summed E-state index contributed by atoms with van der Waals surface area (Å²) in [4.78, 5) is 0. The molecule has 0 heteroatoms. The fourth-order valence-electron chi connectivity index (χ4n) is 5.49. The Morgan fingerprint density at radius 1 is 0.828 bits per heavy atom. The molecule has 3 aromatic rings. The van der Waals surface area contributed by atoms with E-state index in [4.69, 9.17) is 0 Å². The van der Waals surface area contributed by atoms with Gasteiger partial charge in [-0.3, -0.25) is 0 Å². The minimum atomic E-state index is -0.262. The Labute approximate surface area is 173 Å². The second-order valence-corrected chi connectivity index (χ2v) is 8.00. The van der Waals surface area contributed by atoms with Crippen LogP contribution in [-0.2, 0) is 11.8 Å². The van der Waals surface area contributed by atoms with Crippen LogP contribution < -0.4 is 0 Å². The number of hydrogen-bond acceptors (Lipinski definition) is 0. The van der Waals surface area contributed by atoms with Gasteiger partial charge >= 0.3 is 0 Å². The zero-order valence-electron chi connectivity index (χ0n) is 17.2. The predicted molar refractivity (Wildman–Crippen MR) is 124 cm³/mol. The van der Waals surface area contributed by atoms with Crippen molar-refractivity contribution in [1.82, 2.24) is 0 Å². The smallest absolute Gasteiger partial charge is 0.0725 e. The molecule has 29 heavy (non-hydrogen) atoms. The van der Waals surface area contributed by atoms with Crippen LogP contribution in [0.4, 0.5) is 0 Å². The summed E-state index contributed by atoms with van der Waals surface area (Å²) in [5.41, 5.74) is 12.0. The molecule has 0 heterocycles. The zero-order chi connectivity index (χ0) is 20.0. The van der Waals surface area contributed by atoms with Gasteiger partial charge in [-0.15, -0.1) is 0 Å². The van der Waals surface area contributed by atoms with Gasteiger partial charge in [0.25, 0.3) is 0 Å². The summed E-state index contributed by atoms with van der Waals surface area (Å²) in [7, 11) is 0. The van der Waals surface area contributed by atoms with E-state index in [1.807, 2.05) is 6.08 Å². The largest absolute Gasteiger partial charge is 0.0984 e. The molecule has 2 aliphatic carbocycles. The van der Waals surface area contributed by atoms with Crippen LogP contribution in [0.3, 0.4) is 0 Å². The SMILES string of the molecule is C=CC1=C(C=CC)C2(c3cc(CCC)ccc31)c1ccccc1-c1ccccc12. The molecule has 0 aliphatic heterocycles. The third-order valence-corrected chi connectivity index (χ3v) is 6.50. The van der Waals surface area contributed by atoms with Gasteiger partial charge in [-0.2, -0.15) is 0 Å². The number of fused-ring (bicyclic) bond motifs is 7. The second-order valence-electron chi connectivity index (χ2n) is 8.00. The highest BCUT2D eigenvalue weighted by Gasteiger charge is 2.51. The molecular weight excluding hydrogens is 348 g/mol. The molecule has 0 radical (unpaired) electrons. The van der Waals surface area contributed by atoms with Crippen molar-refractivity contribution in [3.63, 3.8) is 0 Å². The maximum absolute atomic E-state index is 4.21. The molecule has 0 unspecified atom stereocenters. The quantitative estimate of drug-likeness (QED) is 0.444. The number of hydrogen-bond donors (Lipinski definition) is 0. The number of allylic oxidation sites excluding steroid dienone is 5. The summed E-state index contributed by atoms with van der Waals surface area (Å²) < 4.78 is 0. The molecule has 142 valence electrons. The van der Waals surface area contributed by atoms with E-state index in [0.29, 0.717) is 0 Å². The van der Waals surface area contributed by atoms with E-state index >= 15 is 0 Å². The fourth-order valence-corrected chi connectivity index (χ4v) is 5.49. The highest BCUT2D eigenvalue weighted by molar-refractivity contribution is 5.97. The molecule has 0 atom stereocenters. The van der Waals surface area contributed by atoms with Crippen LogP contribution in [0.5, 0.6) is 0 Å². The minimum Gasteiger partial charge on any atom is -0.0984 e. The van der Waals surface area contributed by atoms with E-state index in [2.05, 4.69) is 99.3 Å². The standard InChI is InChI=1S/C29H26/c1-4-11-20-17-18-24-21(6-3)25(12-5-2)29(28(24)19-20)26-15-9-7-13-22(26)23-14-8-10-16-27(23)29/h5-10,12-19H,3-4,11H2,1-2H3. The van der Waals surface area contributed by atoms with Crippen molar-refractivity contribution in [2.45, 2.75) is 32.1 Å².